The summed E-state index contributed by atoms with van der Waals surface area (Å²) in [5, 5.41) is 2.04. The molecule has 0 unspecified atom stereocenters. The summed E-state index contributed by atoms with van der Waals surface area (Å²) < 4.78 is 33.4. The van der Waals surface area contributed by atoms with E-state index in [9.17, 15) is 28.0 Å². The molecule has 0 bridgehead atoms. The number of amides is 3. The highest BCUT2D eigenvalue weighted by Crippen LogP contribution is 2.16. The predicted octanol–water partition coefficient (Wildman–Crippen LogP) is 2.52. The molecule has 0 radical (unpaired) electrons. The molecule has 0 aliphatic carbocycles. The summed E-state index contributed by atoms with van der Waals surface area (Å²) in [6.07, 6.45) is 1.32. The number of imide groups is 1. The Morgan fingerprint density at radius 1 is 1.06 bits per heavy atom. The van der Waals surface area contributed by atoms with Crippen LogP contribution in [0.15, 0.2) is 48.5 Å². The molecule has 0 saturated carbocycles. The highest BCUT2D eigenvalue weighted by Gasteiger charge is 2.20. The Hall–Kier alpha value is -3.82. The van der Waals surface area contributed by atoms with Crippen molar-refractivity contribution in [3.05, 3.63) is 65.2 Å². The zero-order valence-corrected chi connectivity index (χ0v) is 16.9. The minimum absolute atomic E-state index is 0.0375. The number of esters is 1. The number of halogens is 2. The lowest BCUT2D eigenvalue weighted by atomic mass is 10.1. The zero-order valence-electron chi connectivity index (χ0n) is 16.9. The number of alkyl halides is 2. The first kappa shape index (κ1) is 22.9. The van der Waals surface area contributed by atoms with Crippen molar-refractivity contribution in [3.8, 4) is 5.75 Å². The monoisotopic (exact) mass is 446 g/mol. The van der Waals surface area contributed by atoms with Crippen LogP contribution in [0.1, 0.15) is 39.1 Å². The van der Waals surface area contributed by atoms with Crippen molar-refractivity contribution in [1.29, 1.82) is 0 Å². The minimum atomic E-state index is -2.99. The number of likely N-dealkylation sites (tertiary alicyclic amines) is 1. The van der Waals surface area contributed by atoms with Crippen LogP contribution in [0.3, 0.4) is 0 Å². The fourth-order valence-electron chi connectivity index (χ4n) is 3.13. The summed E-state index contributed by atoms with van der Waals surface area (Å²) in [7, 11) is 0. The lowest BCUT2D eigenvalue weighted by Crippen LogP contribution is -2.34. The number of hydrogen-bond acceptors (Lipinski definition) is 6. The topological polar surface area (TPSA) is 102 Å². The molecule has 32 heavy (non-hydrogen) atoms. The van der Waals surface area contributed by atoms with Crippen LogP contribution >= 0.6 is 0 Å². The van der Waals surface area contributed by atoms with Crippen LogP contribution < -0.4 is 10.1 Å². The Kier molecular flexibility index (Phi) is 7.48. The predicted molar refractivity (Wildman–Crippen MR) is 107 cm³/mol. The van der Waals surface area contributed by atoms with Crippen molar-refractivity contribution in [2.75, 3.05) is 13.2 Å². The number of nitrogens with one attached hydrogen (secondary N) is 1. The van der Waals surface area contributed by atoms with Crippen LogP contribution in [0.25, 0.3) is 0 Å². The molecule has 8 nitrogen and oxygen atoms in total. The molecular weight excluding hydrogens is 426 g/mol. The van der Waals surface area contributed by atoms with Crippen LogP contribution in [-0.2, 0) is 20.9 Å². The normalized spacial score (nSPS) is 13.2. The van der Waals surface area contributed by atoms with E-state index in [1.165, 1.54) is 18.2 Å². The minimum Gasteiger partial charge on any atom is -0.452 e. The van der Waals surface area contributed by atoms with Crippen LogP contribution in [0, 0.1) is 0 Å². The van der Waals surface area contributed by atoms with Gasteiger partial charge in [-0.15, -0.1) is 0 Å². The lowest BCUT2D eigenvalue weighted by molar-refractivity contribution is -0.128. The highest BCUT2D eigenvalue weighted by atomic mass is 19.3. The van der Waals surface area contributed by atoms with E-state index >= 15 is 0 Å². The van der Waals surface area contributed by atoms with E-state index < -0.39 is 31.0 Å². The number of rotatable bonds is 8. The summed E-state index contributed by atoms with van der Waals surface area (Å²) in [5.41, 5.74) is 1.01. The van der Waals surface area contributed by atoms with E-state index in [0.29, 0.717) is 19.5 Å². The third-order valence-corrected chi connectivity index (χ3v) is 4.64. The summed E-state index contributed by atoms with van der Waals surface area (Å²) in [6.45, 7) is -2.62. The van der Waals surface area contributed by atoms with Gasteiger partial charge < -0.3 is 14.4 Å². The van der Waals surface area contributed by atoms with Crippen LogP contribution in [0.4, 0.5) is 8.78 Å². The fourth-order valence-corrected chi connectivity index (χ4v) is 3.13. The number of nitrogens with zero attached hydrogens (tertiary/aromatic N) is 1. The van der Waals surface area contributed by atoms with E-state index in [1.807, 2.05) is 5.32 Å². The molecule has 1 aliphatic rings. The zero-order chi connectivity index (χ0) is 23.1. The van der Waals surface area contributed by atoms with Crippen molar-refractivity contribution < 1.29 is 37.4 Å². The molecule has 1 saturated heterocycles. The fraction of sp³-hybridized carbons (Fsp3) is 0.273. The van der Waals surface area contributed by atoms with Crippen LogP contribution in [0.2, 0.25) is 0 Å². The second-order valence-corrected chi connectivity index (χ2v) is 6.98. The molecule has 1 heterocycles. The first-order chi connectivity index (χ1) is 15.3. The van der Waals surface area contributed by atoms with E-state index in [2.05, 4.69) is 4.74 Å². The third-order valence-electron chi connectivity index (χ3n) is 4.64. The van der Waals surface area contributed by atoms with Gasteiger partial charge in [-0.2, -0.15) is 8.78 Å². The molecule has 2 aromatic rings. The second-order valence-electron chi connectivity index (χ2n) is 6.98. The Morgan fingerprint density at radius 3 is 2.47 bits per heavy atom. The average molecular weight is 446 g/mol. The first-order valence-corrected chi connectivity index (χ1v) is 9.75. The summed E-state index contributed by atoms with van der Waals surface area (Å²) >= 11 is 0. The Balaban J connectivity index is 1.49. The van der Waals surface area contributed by atoms with Gasteiger partial charge in [0.25, 0.3) is 11.8 Å². The van der Waals surface area contributed by atoms with Crippen LogP contribution in [-0.4, -0.2) is 48.4 Å². The van der Waals surface area contributed by atoms with Gasteiger partial charge >= 0.3 is 12.6 Å². The van der Waals surface area contributed by atoms with E-state index in [-0.39, 0.29) is 22.8 Å². The van der Waals surface area contributed by atoms with Gasteiger partial charge in [0.05, 0.1) is 5.56 Å². The number of ether oxygens (including phenoxy) is 2. The van der Waals surface area contributed by atoms with Gasteiger partial charge in [0.2, 0.25) is 5.91 Å². The van der Waals surface area contributed by atoms with Gasteiger partial charge in [0, 0.05) is 25.1 Å². The molecule has 2 aromatic carbocycles. The standard InChI is InChI=1S/C22H20F2N2O6/c23-22(24)32-17-8-6-15(7-9-17)20(29)25-18(27)13-31-21(30)16-4-1-3-14(11-16)12-26-10-2-5-19(26)28/h1,3-4,6-9,11,22H,2,5,10,12-13H2,(H,25,27,29). The van der Waals surface area contributed by atoms with Gasteiger partial charge in [-0.3, -0.25) is 19.7 Å². The van der Waals surface area contributed by atoms with Crippen molar-refractivity contribution in [1.82, 2.24) is 10.2 Å². The Labute approximate surface area is 182 Å². The Morgan fingerprint density at radius 2 is 1.81 bits per heavy atom. The number of hydrogen-bond donors (Lipinski definition) is 1. The Bertz CT molecular complexity index is 1010. The summed E-state index contributed by atoms with van der Waals surface area (Å²) in [4.78, 5) is 49.7. The molecule has 10 heteroatoms. The van der Waals surface area contributed by atoms with Gasteiger partial charge in [-0.05, 0) is 48.4 Å². The molecule has 1 aliphatic heterocycles. The highest BCUT2D eigenvalue weighted by molar-refractivity contribution is 6.05. The van der Waals surface area contributed by atoms with Crippen molar-refractivity contribution in [2.45, 2.75) is 26.0 Å². The molecule has 3 rings (SSSR count). The van der Waals surface area contributed by atoms with E-state index in [4.69, 9.17) is 4.74 Å². The number of carbonyl (C=O) groups is 4. The molecule has 0 atom stereocenters. The average Bonchev–Trinajstić information content (AvgIpc) is 3.16. The third kappa shape index (κ3) is 6.34. The molecule has 0 spiro atoms. The molecule has 3 amide bonds. The summed E-state index contributed by atoms with van der Waals surface area (Å²) in [5.74, 6) is -2.46. The molecule has 168 valence electrons. The van der Waals surface area contributed by atoms with Gasteiger partial charge in [-0.25, -0.2) is 4.79 Å². The lowest BCUT2D eigenvalue weighted by Gasteiger charge is -2.15. The van der Waals surface area contributed by atoms with Crippen molar-refractivity contribution >= 4 is 23.7 Å². The van der Waals surface area contributed by atoms with Crippen molar-refractivity contribution in [3.63, 3.8) is 0 Å². The summed E-state index contributed by atoms with van der Waals surface area (Å²) in [6, 6.07) is 11.3. The maximum Gasteiger partial charge on any atom is 0.387 e. The van der Waals surface area contributed by atoms with Gasteiger partial charge in [0.1, 0.15) is 5.75 Å². The van der Waals surface area contributed by atoms with Crippen LogP contribution in [0.5, 0.6) is 5.75 Å². The molecular formula is C22H20F2N2O6. The van der Waals surface area contributed by atoms with Gasteiger partial charge in [-0.1, -0.05) is 12.1 Å². The number of carbonyl (C=O) groups excluding carboxylic acids is 4. The van der Waals surface area contributed by atoms with Crippen molar-refractivity contribution in [2.24, 2.45) is 0 Å². The quantitative estimate of drug-likeness (QED) is 0.626. The molecule has 0 aromatic heterocycles. The largest absolute Gasteiger partial charge is 0.452 e. The molecule has 1 N–H and O–H groups in total. The molecule has 1 fully saturated rings. The number of benzene rings is 2. The first-order valence-electron chi connectivity index (χ1n) is 9.75. The second kappa shape index (κ2) is 10.5. The smallest absolute Gasteiger partial charge is 0.387 e. The maximum atomic E-state index is 12.2. The maximum absolute atomic E-state index is 12.2. The van der Waals surface area contributed by atoms with E-state index in [1.54, 1.807) is 23.1 Å². The SMILES string of the molecule is O=C(COC(=O)c1cccc(CN2CCCC2=O)c1)NC(=O)c1ccc(OC(F)F)cc1. The van der Waals surface area contributed by atoms with E-state index in [0.717, 1.165) is 24.1 Å². The van der Waals surface area contributed by atoms with Gasteiger partial charge in [0.15, 0.2) is 6.61 Å².